The van der Waals surface area contributed by atoms with Crippen LogP contribution < -0.4 is 0 Å². The van der Waals surface area contributed by atoms with Gasteiger partial charge in [0.25, 0.3) is 0 Å². The van der Waals surface area contributed by atoms with E-state index in [9.17, 15) is 0 Å². The van der Waals surface area contributed by atoms with Gasteiger partial charge in [-0.05, 0) is 18.8 Å². The maximum atomic E-state index is 3.62. The fourth-order valence-electron chi connectivity index (χ4n) is 1.01. The molecule has 64 valence electrons. The lowest BCUT2D eigenvalue weighted by Gasteiger charge is -2.01. The maximum absolute atomic E-state index is 3.62. The Balaban J connectivity index is 3.02. The van der Waals surface area contributed by atoms with Gasteiger partial charge in [0.2, 0.25) is 0 Å². The van der Waals surface area contributed by atoms with Crippen molar-refractivity contribution in [1.82, 2.24) is 0 Å². The first-order valence-corrected chi connectivity index (χ1v) is 4.55. The summed E-state index contributed by atoms with van der Waals surface area (Å²) in [5.41, 5.74) is 0. The highest BCUT2D eigenvalue weighted by Gasteiger charge is 1.91. The molecule has 0 nitrogen and oxygen atoms in total. The summed E-state index contributed by atoms with van der Waals surface area (Å²) in [5.74, 6) is 0.860. The van der Waals surface area contributed by atoms with E-state index in [1.54, 1.807) is 0 Å². The summed E-state index contributed by atoms with van der Waals surface area (Å²) in [4.78, 5) is 0. The molecule has 0 aromatic rings. The molecular weight excluding hydrogens is 132 g/mol. The molecule has 0 rings (SSSR count). The Morgan fingerprint density at radius 1 is 1.27 bits per heavy atom. The molecule has 0 aromatic carbocycles. The predicted molar refractivity (Wildman–Crippen MR) is 52.6 cm³/mol. The van der Waals surface area contributed by atoms with Crippen LogP contribution in [0.4, 0.5) is 0 Å². The van der Waals surface area contributed by atoms with Crippen LogP contribution in [0.25, 0.3) is 0 Å². The van der Waals surface area contributed by atoms with Crippen molar-refractivity contribution in [1.29, 1.82) is 0 Å². The molecule has 0 aliphatic rings. The highest BCUT2D eigenvalue weighted by molar-refractivity contribution is 4.96. The number of allylic oxidation sites excluding steroid dienone is 3. The van der Waals surface area contributed by atoms with Crippen LogP contribution in [0.5, 0.6) is 0 Å². The van der Waals surface area contributed by atoms with Crippen molar-refractivity contribution in [2.45, 2.75) is 39.5 Å². The zero-order chi connectivity index (χ0) is 8.53. The Kier molecular flexibility index (Phi) is 7.23. The Labute approximate surface area is 71.0 Å². The molecule has 0 bridgehead atoms. The van der Waals surface area contributed by atoms with Gasteiger partial charge in [0.05, 0.1) is 0 Å². The largest absolute Gasteiger partial charge is 0.0991 e. The first-order chi connectivity index (χ1) is 5.27. The van der Waals surface area contributed by atoms with Crippen LogP contribution >= 0.6 is 0 Å². The SMILES string of the molecule is C=CC=CCCCCC(C)C. The summed E-state index contributed by atoms with van der Waals surface area (Å²) in [6.45, 7) is 8.17. The van der Waals surface area contributed by atoms with Gasteiger partial charge in [0, 0.05) is 0 Å². The third kappa shape index (κ3) is 9.48. The van der Waals surface area contributed by atoms with E-state index in [2.05, 4.69) is 26.5 Å². The van der Waals surface area contributed by atoms with Crippen molar-refractivity contribution < 1.29 is 0 Å². The standard InChI is InChI=1S/C11H20/c1-4-5-6-7-8-9-10-11(2)3/h4-6,11H,1,7-10H2,2-3H3. The predicted octanol–water partition coefficient (Wildman–Crippen LogP) is 3.95. The summed E-state index contributed by atoms with van der Waals surface area (Å²) < 4.78 is 0. The van der Waals surface area contributed by atoms with E-state index < -0.39 is 0 Å². The summed E-state index contributed by atoms with van der Waals surface area (Å²) in [5, 5.41) is 0. The van der Waals surface area contributed by atoms with Crippen molar-refractivity contribution in [2.24, 2.45) is 5.92 Å². The van der Waals surface area contributed by atoms with Crippen molar-refractivity contribution >= 4 is 0 Å². The van der Waals surface area contributed by atoms with Crippen molar-refractivity contribution in [3.63, 3.8) is 0 Å². The van der Waals surface area contributed by atoms with E-state index in [1.807, 2.05) is 12.2 Å². The zero-order valence-electron chi connectivity index (χ0n) is 7.84. The molecule has 0 aliphatic heterocycles. The summed E-state index contributed by atoms with van der Waals surface area (Å²) in [7, 11) is 0. The second kappa shape index (κ2) is 7.59. The molecule has 0 saturated carbocycles. The lowest BCUT2D eigenvalue weighted by molar-refractivity contribution is 0.540. The third-order valence-corrected chi connectivity index (χ3v) is 1.67. The Morgan fingerprint density at radius 2 is 2.00 bits per heavy atom. The van der Waals surface area contributed by atoms with Crippen LogP contribution in [-0.4, -0.2) is 0 Å². The average Bonchev–Trinajstić information content (AvgIpc) is 1.96. The molecule has 0 fully saturated rings. The molecule has 0 radical (unpaired) electrons. The molecule has 0 unspecified atom stereocenters. The molecule has 0 aliphatic carbocycles. The van der Waals surface area contributed by atoms with Gasteiger partial charge in [-0.25, -0.2) is 0 Å². The molecule has 0 amide bonds. The van der Waals surface area contributed by atoms with Gasteiger partial charge in [-0.15, -0.1) is 0 Å². The second-order valence-electron chi connectivity index (χ2n) is 3.34. The van der Waals surface area contributed by atoms with E-state index in [0.29, 0.717) is 0 Å². The Bertz CT molecular complexity index is 109. The number of unbranched alkanes of at least 4 members (excludes halogenated alkanes) is 2. The lowest BCUT2D eigenvalue weighted by Crippen LogP contribution is -1.85. The van der Waals surface area contributed by atoms with E-state index in [4.69, 9.17) is 0 Å². The van der Waals surface area contributed by atoms with Crippen LogP contribution in [0, 0.1) is 5.92 Å². The van der Waals surface area contributed by atoms with Crippen molar-refractivity contribution in [3.05, 3.63) is 24.8 Å². The molecule has 0 heteroatoms. The maximum Gasteiger partial charge on any atom is -0.0348 e. The molecule has 11 heavy (non-hydrogen) atoms. The fourth-order valence-corrected chi connectivity index (χ4v) is 1.01. The number of hydrogen-bond acceptors (Lipinski definition) is 0. The first-order valence-electron chi connectivity index (χ1n) is 4.55. The van der Waals surface area contributed by atoms with Crippen LogP contribution in [0.1, 0.15) is 39.5 Å². The molecule has 0 spiro atoms. The van der Waals surface area contributed by atoms with E-state index in [1.165, 1.54) is 25.7 Å². The van der Waals surface area contributed by atoms with E-state index >= 15 is 0 Å². The Morgan fingerprint density at radius 3 is 2.55 bits per heavy atom. The highest BCUT2D eigenvalue weighted by atomic mass is 14.0. The lowest BCUT2D eigenvalue weighted by atomic mass is 10.1. The van der Waals surface area contributed by atoms with Gasteiger partial charge in [-0.1, -0.05) is 51.5 Å². The molecule has 0 saturated heterocycles. The van der Waals surface area contributed by atoms with Gasteiger partial charge in [0.15, 0.2) is 0 Å². The minimum Gasteiger partial charge on any atom is -0.0991 e. The third-order valence-electron chi connectivity index (χ3n) is 1.67. The van der Waals surface area contributed by atoms with E-state index in [-0.39, 0.29) is 0 Å². The van der Waals surface area contributed by atoms with Gasteiger partial charge >= 0.3 is 0 Å². The highest BCUT2D eigenvalue weighted by Crippen LogP contribution is 2.07. The molecule has 0 N–H and O–H groups in total. The summed E-state index contributed by atoms with van der Waals surface area (Å²) in [6.07, 6.45) is 11.3. The topological polar surface area (TPSA) is 0 Å². The van der Waals surface area contributed by atoms with Gasteiger partial charge in [-0.2, -0.15) is 0 Å². The van der Waals surface area contributed by atoms with Crippen LogP contribution in [0.15, 0.2) is 24.8 Å². The minimum absolute atomic E-state index is 0.860. The minimum atomic E-state index is 0.860. The smallest absolute Gasteiger partial charge is 0.0348 e. The second-order valence-corrected chi connectivity index (χ2v) is 3.34. The van der Waals surface area contributed by atoms with Crippen molar-refractivity contribution in [3.8, 4) is 0 Å². The average molecular weight is 152 g/mol. The van der Waals surface area contributed by atoms with Crippen LogP contribution in [0.2, 0.25) is 0 Å². The quantitative estimate of drug-likeness (QED) is 0.399. The van der Waals surface area contributed by atoms with Crippen LogP contribution in [-0.2, 0) is 0 Å². The molecule has 0 atom stereocenters. The van der Waals surface area contributed by atoms with Crippen molar-refractivity contribution in [2.75, 3.05) is 0 Å². The number of hydrogen-bond donors (Lipinski definition) is 0. The molecule has 0 heterocycles. The monoisotopic (exact) mass is 152 g/mol. The Hall–Kier alpha value is -0.520. The fraction of sp³-hybridized carbons (Fsp3) is 0.636. The molecular formula is C11H20. The van der Waals surface area contributed by atoms with Gasteiger partial charge in [0.1, 0.15) is 0 Å². The molecule has 0 aromatic heterocycles. The van der Waals surface area contributed by atoms with Crippen LogP contribution in [0.3, 0.4) is 0 Å². The summed E-state index contributed by atoms with van der Waals surface area (Å²) >= 11 is 0. The zero-order valence-corrected chi connectivity index (χ0v) is 7.84. The first kappa shape index (κ1) is 10.5. The normalized spacial score (nSPS) is 11.2. The summed E-state index contributed by atoms with van der Waals surface area (Å²) in [6, 6.07) is 0. The van der Waals surface area contributed by atoms with Gasteiger partial charge in [-0.3, -0.25) is 0 Å². The van der Waals surface area contributed by atoms with Gasteiger partial charge < -0.3 is 0 Å². The van der Waals surface area contributed by atoms with E-state index in [0.717, 1.165) is 5.92 Å². The number of rotatable bonds is 6.